The third-order valence-electron chi connectivity index (χ3n) is 9.14. The van der Waals surface area contributed by atoms with Crippen LogP contribution in [-0.2, 0) is 28.5 Å². The number of carbonyl (C=O) groups excluding carboxylic acids is 2. The summed E-state index contributed by atoms with van der Waals surface area (Å²) in [5, 5.41) is 30.7. The number of rotatable bonds is 33. The van der Waals surface area contributed by atoms with Gasteiger partial charge in [-0.05, 0) is 77.0 Å². The Kier molecular flexibility index (Phi) is 32.4. The Labute approximate surface area is 332 Å². The molecule has 0 radical (unpaired) electrons. The highest BCUT2D eigenvalue weighted by Crippen LogP contribution is 2.22. The van der Waals surface area contributed by atoms with Crippen LogP contribution < -0.4 is 5.73 Å². The van der Waals surface area contributed by atoms with Crippen molar-refractivity contribution < 1.29 is 43.9 Å². The van der Waals surface area contributed by atoms with E-state index < -0.39 is 42.8 Å². The van der Waals surface area contributed by atoms with Gasteiger partial charge in [-0.25, -0.2) is 0 Å². The fourth-order valence-electron chi connectivity index (χ4n) is 5.85. The van der Waals surface area contributed by atoms with E-state index in [0.29, 0.717) is 12.8 Å². The van der Waals surface area contributed by atoms with Crippen molar-refractivity contribution in [2.75, 3.05) is 19.8 Å². The molecule has 5 N–H and O–H groups in total. The van der Waals surface area contributed by atoms with Gasteiger partial charge in [-0.3, -0.25) is 9.59 Å². The monoisotopic (exact) mass is 774 g/mol. The van der Waals surface area contributed by atoms with Crippen LogP contribution in [0.1, 0.15) is 142 Å². The number of allylic oxidation sites excluding steroid dienone is 12. The molecule has 10 heteroatoms. The van der Waals surface area contributed by atoms with E-state index in [4.69, 9.17) is 24.7 Å². The lowest BCUT2D eigenvalue weighted by Crippen LogP contribution is -2.60. The number of hydrogen-bond donors (Lipinski definition) is 4. The molecule has 0 amide bonds. The van der Waals surface area contributed by atoms with Crippen molar-refractivity contribution in [2.45, 2.75) is 179 Å². The summed E-state index contributed by atoms with van der Waals surface area (Å²) in [7, 11) is 0. The minimum absolute atomic E-state index is 0.0982. The molecule has 314 valence electrons. The van der Waals surface area contributed by atoms with Gasteiger partial charge in [-0.1, -0.05) is 125 Å². The molecule has 0 aromatic carbocycles. The van der Waals surface area contributed by atoms with Gasteiger partial charge in [0.15, 0.2) is 12.4 Å². The van der Waals surface area contributed by atoms with Crippen molar-refractivity contribution in [1.29, 1.82) is 0 Å². The lowest BCUT2D eigenvalue weighted by atomic mass is 9.99. The van der Waals surface area contributed by atoms with E-state index in [-0.39, 0.29) is 38.6 Å². The normalized spacial score (nSPS) is 21.3. The van der Waals surface area contributed by atoms with Gasteiger partial charge in [0.25, 0.3) is 0 Å². The first kappa shape index (κ1) is 50.2. The summed E-state index contributed by atoms with van der Waals surface area (Å²) in [6, 6.07) is 0. The molecule has 1 saturated heterocycles. The second-order valence-electron chi connectivity index (χ2n) is 14.1. The molecule has 0 aromatic heterocycles. The molecule has 1 aliphatic rings. The molecule has 1 aliphatic heterocycles. The zero-order chi connectivity index (χ0) is 40.2. The molecule has 0 unspecified atom stereocenters. The van der Waals surface area contributed by atoms with Crippen LogP contribution in [-0.4, -0.2) is 83.8 Å². The van der Waals surface area contributed by atoms with Crippen LogP contribution in [0, 0.1) is 0 Å². The predicted octanol–water partition coefficient (Wildman–Crippen LogP) is 8.40. The number of carbonyl (C=O) groups is 2. The van der Waals surface area contributed by atoms with E-state index in [1.165, 1.54) is 0 Å². The summed E-state index contributed by atoms with van der Waals surface area (Å²) < 4.78 is 22.3. The van der Waals surface area contributed by atoms with E-state index in [2.05, 4.69) is 86.8 Å². The zero-order valence-corrected chi connectivity index (χ0v) is 34.0. The van der Waals surface area contributed by atoms with Crippen LogP contribution in [0.2, 0.25) is 0 Å². The van der Waals surface area contributed by atoms with Crippen molar-refractivity contribution in [3.63, 3.8) is 0 Å². The largest absolute Gasteiger partial charge is 0.462 e. The van der Waals surface area contributed by atoms with Gasteiger partial charge < -0.3 is 40.0 Å². The number of nitrogens with two attached hydrogens (primary N) is 1. The minimum atomic E-state index is -1.54. The Morgan fingerprint density at radius 3 is 1.55 bits per heavy atom. The highest BCUT2D eigenvalue weighted by Gasteiger charge is 2.44. The van der Waals surface area contributed by atoms with Crippen LogP contribution in [0.25, 0.3) is 0 Å². The van der Waals surface area contributed by atoms with E-state index >= 15 is 0 Å². The van der Waals surface area contributed by atoms with Crippen molar-refractivity contribution >= 4 is 11.9 Å². The number of ether oxygens (including phenoxy) is 4. The molecule has 0 aromatic rings. The number of aliphatic hydroxyl groups is 3. The van der Waals surface area contributed by atoms with Crippen molar-refractivity contribution in [3.8, 4) is 0 Å². The Morgan fingerprint density at radius 1 is 0.582 bits per heavy atom. The van der Waals surface area contributed by atoms with Crippen molar-refractivity contribution in [1.82, 2.24) is 0 Å². The third-order valence-corrected chi connectivity index (χ3v) is 9.14. The molecular formula is C45H75NO9. The lowest BCUT2D eigenvalue weighted by Gasteiger charge is -2.40. The number of unbranched alkanes of at least 4 members (excludes halogenated alkanes) is 10. The Morgan fingerprint density at radius 2 is 1.04 bits per heavy atom. The summed E-state index contributed by atoms with van der Waals surface area (Å²) in [6.45, 7) is 3.71. The number of esters is 2. The highest BCUT2D eigenvalue weighted by atomic mass is 16.7. The maximum atomic E-state index is 12.8. The molecule has 0 bridgehead atoms. The molecule has 0 aliphatic carbocycles. The second kappa shape index (κ2) is 35.5. The maximum absolute atomic E-state index is 12.8. The van der Waals surface area contributed by atoms with Gasteiger partial charge in [0.05, 0.1) is 6.61 Å². The predicted molar refractivity (Wildman–Crippen MR) is 221 cm³/mol. The summed E-state index contributed by atoms with van der Waals surface area (Å²) >= 11 is 0. The van der Waals surface area contributed by atoms with Crippen LogP contribution in [0.4, 0.5) is 0 Å². The average Bonchev–Trinajstić information content (AvgIpc) is 3.18. The maximum Gasteiger partial charge on any atom is 0.306 e. The van der Waals surface area contributed by atoms with Crippen LogP contribution in [0.15, 0.2) is 72.9 Å². The second-order valence-corrected chi connectivity index (χ2v) is 14.1. The molecule has 10 nitrogen and oxygen atoms in total. The van der Waals surface area contributed by atoms with Crippen molar-refractivity contribution in [2.24, 2.45) is 5.73 Å². The standard InChI is InChI=1S/C45H75NO9/c1-3-5-7-9-11-13-15-17-19-21-23-25-27-29-31-33-40(47)52-36-38(37-53-45-44(51)43(50)42(49)39(35-46)55-45)54-41(48)34-32-30-28-26-24-22-20-18-16-14-12-10-8-6-4-2/h5-8,11-14,17-20,38-39,42-45,49-51H,3-4,9-10,15-16,21-37,46H2,1-2H3/b7-5-,8-6-,13-11-,14-12-,19-17-,20-18-/t38-,39-,42-,43+,44-,45+/m1/s1. The van der Waals surface area contributed by atoms with Gasteiger partial charge >= 0.3 is 11.9 Å². The molecule has 1 heterocycles. The van der Waals surface area contributed by atoms with E-state index in [0.717, 1.165) is 103 Å². The number of aliphatic hydroxyl groups excluding tert-OH is 3. The third kappa shape index (κ3) is 27.4. The van der Waals surface area contributed by atoms with Crippen LogP contribution >= 0.6 is 0 Å². The van der Waals surface area contributed by atoms with Gasteiger partial charge in [-0.2, -0.15) is 0 Å². The van der Waals surface area contributed by atoms with E-state index in [9.17, 15) is 24.9 Å². The van der Waals surface area contributed by atoms with E-state index in [1.807, 2.05) is 0 Å². The van der Waals surface area contributed by atoms with Gasteiger partial charge in [0, 0.05) is 19.4 Å². The summed E-state index contributed by atoms with van der Waals surface area (Å²) in [4.78, 5) is 25.3. The molecule has 55 heavy (non-hydrogen) atoms. The summed E-state index contributed by atoms with van der Waals surface area (Å²) in [6.07, 6.45) is 37.0. The fourth-order valence-corrected chi connectivity index (χ4v) is 5.85. The van der Waals surface area contributed by atoms with Crippen LogP contribution in [0.3, 0.4) is 0 Å². The van der Waals surface area contributed by atoms with E-state index in [1.54, 1.807) is 0 Å². The van der Waals surface area contributed by atoms with Gasteiger partial charge in [0.2, 0.25) is 0 Å². The smallest absolute Gasteiger partial charge is 0.306 e. The molecule has 0 saturated carbocycles. The average molecular weight is 774 g/mol. The molecule has 0 spiro atoms. The minimum Gasteiger partial charge on any atom is -0.462 e. The van der Waals surface area contributed by atoms with Gasteiger partial charge in [0.1, 0.15) is 31.0 Å². The quantitative estimate of drug-likeness (QED) is 0.0290. The zero-order valence-electron chi connectivity index (χ0n) is 34.0. The summed E-state index contributed by atoms with van der Waals surface area (Å²) in [5.74, 6) is -0.818. The molecule has 1 fully saturated rings. The first-order valence-electron chi connectivity index (χ1n) is 21.1. The van der Waals surface area contributed by atoms with Crippen LogP contribution in [0.5, 0.6) is 0 Å². The Hall–Kier alpha value is -2.86. The Bertz CT molecular complexity index is 1130. The SMILES string of the molecule is CC/C=C\C/C=C\C/C=C\CCCCCCCC(=O)OC[C@H](CO[C@H]1O[C@H](CN)[C@@H](O)[C@H](O)[C@H]1O)OC(=O)CCCCCCC/C=C\C/C=C\C/C=C\CC. The van der Waals surface area contributed by atoms with Crippen molar-refractivity contribution in [3.05, 3.63) is 72.9 Å². The first-order valence-corrected chi connectivity index (χ1v) is 21.1. The Balaban J connectivity index is 2.39. The molecule has 1 rings (SSSR count). The fraction of sp³-hybridized carbons (Fsp3) is 0.689. The highest BCUT2D eigenvalue weighted by molar-refractivity contribution is 5.70. The topological polar surface area (TPSA) is 158 Å². The molecular weight excluding hydrogens is 698 g/mol. The lowest BCUT2D eigenvalue weighted by molar-refractivity contribution is -0.299. The van der Waals surface area contributed by atoms with Gasteiger partial charge in [-0.15, -0.1) is 0 Å². The molecule has 6 atom stereocenters. The number of hydrogen-bond acceptors (Lipinski definition) is 10. The first-order chi connectivity index (χ1) is 26.8. The summed E-state index contributed by atoms with van der Waals surface area (Å²) in [5.41, 5.74) is 5.64.